The highest BCUT2D eigenvalue weighted by atomic mass is 35.5. The SMILES string of the molecule is NC1CC(C(=O)O)N(Cc2cccc(Cl)c2)C1. The molecule has 0 saturated carbocycles. The number of rotatable bonds is 3. The van der Waals surface area contributed by atoms with Gasteiger partial charge in [-0.25, -0.2) is 0 Å². The number of hydrogen-bond donors (Lipinski definition) is 2. The number of aliphatic carboxylic acids is 1. The van der Waals surface area contributed by atoms with Gasteiger partial charge < -0.3 is 10.8 Å². The third-order valence-corrected chi connectivity index (χ3v) is 3.23. The molecule has 0 aromatic heterocycles. The second-order valence-corrected chi connectivity index (χ2v) is 4.85. The first-order chi connectivity index (χ1) is 8.06. The van der Waals surface area contributed by atoms with Crippen molar-refractivity contribution in [1.29, 1.82) is 0 Å². The predicted octanol–water partition coefficient (Wildman–Crippen LogP) is 1.33. The molecule has 1 aromatic carbocycles. The molecule has 4 nitrogen and oxygen atoms in total. The van der Waals surface area contributed by atoms with E-state index in [1.807, 2.05) is 23.1 Å². The molecule has 1 saturated heterocycles. The average molecular weight is 255 g/mol. The second kappa shape index (κ2) is 5.04. The van der Waals surface area contributed by atoms with Crippen LogP contribution < -0.4 is 5.73 Å². The van der Waals surface area contributed by atoms with Crippen LogP contribution in [0.3, 0.4) is 0 Å². The van der Waals surface area contributed by atoms with Gasteiger partial charge >= 0.3 is 5.97 Å². The number of likely N-dealkylation sites (tertiary alicyclic amines) is 1. The quantitative estimate of drug-likeness (QED) is 0.854. The number of carboxylic acid groups (broad SMARTS) is 1. The van der Waals surface area contributed by atoms with E-state index in [0.717, 1.165) is 5.56 Å². The first-order valence-corrected chi connectivity index (χ1v) is 5.91. The summed E-state index contributed by atoms with van der Waals surface area (Å²) >= 11 is 5.90. The first-order valence-electron chi connectivity index (χ1n) is 5.53. The Kier molecular flexibility index (Phi) is 3.66. The van der Waals surface area contributed by atoms with Crippen molar-refractivity contribution in [3.63, 3.8) is 0 Å². The summed E-state index contributed by atoms with van der Waals surface area (Å²) in [4.78, 5) is 13.0. The third kappa shape index (κ3) is 2.97. The topological polar surface area (TPSA) is 66.6 Å². The van der Waals surface area contributed by atoms with E-state index in [4.69, 9.17) is 22.4 Å². The van der Waals surface area contributed by atoms with Crippen molar-refractivity contribution in [2.75, 3.05) is 6.54 Å². The first kappa shape index (κ1) is 12.4. The van der Waals surface area contributed by atoms with Crippen LogP contribution in [0.25, 0.3) is 0 Å². The summed E-state index contributed by atoms with van der Waals surface area (Å²) in [5, 5.41) is 9.78. The van der Waals surface area contributed by atoms with Crippen molar-refractivity contribution in [3.8, 4) is 0 Å². The Morgan fingerprint density at radius 3 is 3.00 bits per heavy atom. The number of halogens is 1. The number of carbonyl (C=O) groups is 1. The predicted molar refractivity (Wildman–Crippen MR) is 65.9 cm³/mol. The van der Waals surface area contributed by atoms with Gasteiger partial charge in [-0.3, -0.25) is 9.69 Å². The lowest BCUT2D eigenvalue weighted by atomic mass is 10.1. The van der Waals surface area contributed by atoms with E-state index in [9.17, 15) is 4.79 Å². The largest absolute Gasteiger partial charge is 0.480 e. The summed E-state index contributed by atoms with van der Waals surface area (Å²) in [5.41, 5.74) is 6.82. The third-order valence-electron chi connectivity index (χ3n) is 3.00. The van der Waals surface area contributed by atoms with Gasteiger partial charge in [0.1, 0.15) is 6.04 Å². The summed E-state index contributed by atoms with van der Waals surface area (Å²) in [6, 6.07) is 6.91. The Labute approximate surface area is 105 Å². The number of nitrogens with zero attached hydrogens (tertiary/aromatic N) is 1. The van der Waals surface area contributed by atoms with Crippen molar-refractivity contribution in [1.82, 2.24) is 4.90 Å². The number of hydrogen-bond acceptors (Lipinski definition) is 3. The van der Waals surface area contributed by atoms with Crippen molar-refractivity contribution in [2.24, 2.45) is 5.73 Å². The van der Waals surface area contributed by atoms with Gasteiger partial charge in [0.15, 0.2) is 0 Å². The fourth-order valence-electron chi connectivity index (χ4n) is 2.24. The molecule has 2 rings (SSSR count). The van der Waals surface area contributed by atoms with Gasteiger partial charge in [0.25, 0.3) is 0 Å². The standard InChI is InChI=1S/C12H15ClN2O2/c13-9-3-1-2-8(4-9)6-15-7-10(14)5-11(15)12(16)17/h1-4,10-11H,5-7,14H2,(H,16,17). The molecule has 1 aromatic rings. The molecule has 17 heavy (non-hydrogen) atoms. The van der Waals surface area contributed by atoms with E-state index >= 15 is 0 Å². The molecule has 2 unspecified atom stereocenters. The minimum Gasteiger partial charge on any atom is -0.480 e. The summed E-state index contributed by atoms with van der Waals surface area (Å²) in [5.74, 6) is -0.806. The Morgan fingerprint density at radius 2 is 2.35 bits per heavy atom. The van der Waals surface area contributed by atoms with E-state index in [-0.39, 0.29) is 6.04 Å². The summed E-state index contributed by atoms with van der Waals surface area (Å²) in [6.45, 7) is 1.19. The molecule has 2 atom stereocenters. The van der Waals surface area contributed by atoms with E-state index in [1.54, 1.807) is 6.07 Å². The Hall–Kier alpha value is -1.10. The van der Waals surface area contributed by atoms with Crippen LogP contribution in [0.5, 0.6) is 0 Å². The van der Waals surface area contributed by atoms with Crippen LogP contribution in [0.2, 0.25) is 5.02 Å². The van der Waals surface area contributed by atoms with Crippen LogP contribution in [-0.4, -0.2) is 34.6 Å². The Balaban J connectivity index is 2.09. The molecule has 0 radical (unpaired) electrons. The maximum absolute atomic E-state index is 11.1. The highest BCUT2D eigenvalue weighted by molar-refractivity contribution is 6.30. The van der Waals surface area contributed by atoms with Crippen molar-refractivity contribution in [2.45, 2.75) is 25.0 Å². The van der Waals surface area contributed by atoms with Crippen LogP contribution >= 0.6 is 11.6 Å². The number of carboxylic acids is 1. The summed E-state index contributed by atoms with van der Waals surface area (Å²) in [6.07, 6.45) is 0.510. The minimum absolute atomic E-state index is 0.0599. The average Bonchev–Trinajstić information content (AvgIpc) is 2.59. The lowest BCUT2D eigenvalue weighted by Crippen LogP contribution is -2.35. The van der Waals surface area contributed by atoms with E-state index in [1.165, 1.54) is 0 Å². The molecule has 92 valence electrons. The zero-order chi connectivity index (χ0) is 12.4. The van der Waals surface area contributed by atoms with Crippen LogP contribution in [0, 0.1) is 0 Å². The van der Waals surface area contributed by atoms with Crippen LogP contribution in [-0.2, 0) is 11.3 Å². The second-order valence-electron chi connectivity index (χ2n) is 4.41. The lowest BCUT2D eigenvalue weighted by molar-refractivity contribution is -0.142. The van der Waals surface area contributed by atoms with Crippen molar-refractivity contribution in [3.05, 3.63) is 34.9 Å². The Morgan fingerprint density at radius 1 is 1.59 bits per heavy atom. The van der Waals surface area contributed by atoms with Crippen LogP contribution in [0.4, 0.5) is 0 Å². The smallest absolute Gasteiger partial charge is 0.320 e. The van der Waals surface area contributed by atoms with Crippen molar-refractivity contribution >= 4 is 17.6 Å². The maximum atomic E-state index is 11.1. The van der Waals surface area contributed by atoms with E-state index < -0.39 is 12.0 Å². The number of benzene rings is 1. The van der Waals surface area contributed by atoms with Gasteiger partial charge in [0.2, 0.25) is 0 Å². The molecule has 0 amide bonds. The highest BCUT2D eigenvalue weighted by Gasteiger charge is 2.34. The maximum Gasteiger partial charge on any atom is 0.320 e. The molecule has 1 aliphatic rings. The van der Waals surface area contributed by atoms with Crippen molar-refractivity contribution < 1.29 is 9.90 Å². The normalized spacial score (nSPS) is 25.1. The summed E-state index contributed by atoms with van der Waals surface area (Å²) in [7, 11) is 0. The minimum atomic E-state index is -0.806. The molecular formula is C12H15ClN2O2. The zero-order valence-corrected chi connectivity index (χ0v) is 10.1. The van der Waals surface area contributed by atoms with Gasteiger partial charge in [-0.1, -0.05) is 23.7 Å². The molecule has 1 fully saturated rings. The highest BCUT2D eigenvalue weighted by Crippen LogP contribution is 2.21. The van der Waals surface area contributed by atoms with Gasteiger partial charge in [0.05, 0.1) is 0 Å². The summed E-state index contributed by atoms with van der Waals surface area (Å²) < 4.78 is 0. The van der Waals surface area contributed by atoms with Gasteiger partial charge in [-0.2, -0.15) is 0 Å². The molecule has 1 heterocycles. The van der Waals surface area contributed by atoms with Crippen LogP contribution in [0.15, 0.2) is 24.3 Å². The molecule has 3 N–H and O–H groups in total. The Bertz CT molecular complexity index is 425. The van der Waals surface area contributed by atoms with Gasteiger partial charge in [-0.05, 0) is 24.1 Å². The van der Waals surface area contributed by atoms with Gasteiger partial charge in [0, 0.05) is 24.2 Å². The van der Waals surface area contributed by atoms with Crippen LogP contribution in [0.1, 0.15) is 12.0 Å². The number of nitrogens with two attached hydrogens (primary N) is 1. The molecule has 1 aliphatic heterocycles. The van der Waals surface area contributed by atoms with E-state index in [2.05, 4.69) is 0 Å². The van der Waals surface area contributed by atoms with E-state index in [0.29, 0.717) is 24.5 Å². The fraction of sp³-hybridized carbons (Fsp3) is 0.417. The zero-order valence-electron chi connectivity index (χ0n) is 9.34. The molecule has 0 bridgehead atoms. The molecular weight excluding hydrogens is 240 g/mol. The molecule has 0 aliphatic carbocycles. The molecule has 5 heteroatoms. The monoisotopic (exact) mass is 254 g/mol. The fourth-order valence-corrected chi connectivity index (χ4v) is 2.45. The lowest BCUT2D eigenvalue weighted by Gasteiger charge is -2.20. The van der Waals surface area contributed by atoms with Gasteiger partial charge in [-0.15, -0.1) is 0 Å². The molecule has 0 spiro atoms.